The van der Waals surface area contributed by atoms with Crippen molar-refractivity contribution in [1.29, 1.82) is 0 Å². The van der Waals surface area contributed by atoms with Gasteiger partial charge in [0.05, 0.1) is 7.11 Å². The molecule has 2 N–H and O–H groups in total. The van der Waals surface area contributed by atoms with Gasteiger partial charge >= 0.3 is 5.97 Å². The topological polar surface area (TPSA) is 71.2 Å². The Morgan fingerprint density at radius 2 is 1.90 bits per heavy atom. The Hall–Kier alpha value is -3.34. The average Bonchev–Trinajstić information content (AvgIpc) is 3.19. The minimum atomic E-state index is -0.761. The van der Waals surface area contributed by atoms with E-state index in [1.54, 1.807) is 6.08 Å². The second kappa shape index (κ2) is 10.4. The lowest BCUT2D eigenvalue weighted by molar-refractivity contribution is -0.144. The summed E-state index contributed by atoms with van der Waals surface area (Å²) < 4.78 is 4.89. The van der Waals surface area contributed by atoms with E-state index < -0.39 is 12.0 Å². The van der Waals surface area contributed by atoms with E-state index in [9.17, 15) is 9.59 Å². The van der Waals surface area contributed by atoms with Gasteiger partial charge in [0.1, 0.15) is 6.04 Å². The Morgan fingerprint density at radius 3 is 2.63 bits per heavy atom. The van der Waals surface area contributed by atoms with Gasteiger partial charge in [-0.1, -0.05) is 55.8 Å². The van der Waals surface area contributed by atoms with Crippen LogP contribution in [0.1, 0.15) is 36.5 Å². The summed E-state index contributed by atoms with van der Waals surface area (Å²) in [4.78, 5) is 27.9. The van der Waals surface area contributed by atoms with E-state index >= 15 is 0 Å². The largest absolute Gasteiger partial charge is 0.467 e. The number of carbonyl (C=O) groups is 2. The first-order chi connectivity index (χ1) is 14.6. The van der Waals surface area contributed by atoms with Gasteiger partial charge in [0, 0.05) is 29.6 Å². The highest BCUT2D eigenvalue weighted by Gasteiger charge is 2.22. The van der Waals surface area contributed by atoms with Gasteiger partial charge in [-0.05, 0) is 41.7 Å². The number of amides is 1. The summed E-state index contributed by atoms with van der Waals surface area (Å²) in [7, 11) is 1.33. The number of unbranched alkanes of at least 4 members (excludes halogenated alkanes) is 1. The quantitative estimate of drug-likeness (QED) is 0.410. The number of H-pyrrole nitrogens is 1. The van der Waals surface area contributed by atoms with Gasteiger partial charge in [-0.2, -0.15) is 0 Å². The number of nitrogens with one attached hydrogen (secondary N) is 2. The minimum Gasteiger partial charge on any atom is -0.467 e. The van der Waals surface area contributed by atoms with Gasteiger partial charge < -0.3 is 15.0 Å². The van der Waals surface area contributed by atoms with Crippen LogP contribution in [0.15, 0.2) is 60.8 Å². The average molecular weight is 405 g/mol. The maximum Gasteiger partial charge on any atom is 0.328 e. The maximum atomic E-state index is 12.4. The minimum absolute atomic E-state index is 0.333. The van der Waals surface area contributed by atoms with Crippen molar-refractivity contribution in [1.82, 2.24) is 10.3 Å². The van der Waals surface area contributed by atoms with Gasteiger partial charge in [0.25, 0.3) is 0 Å². The molecule has 156 valence electrons. The first-order valence-electron chi connectivity index (χ1n) is 10.3. The molecule has 0 spiro atoms. The first kappa shape index (κ1) is 21.4. The number of aromatic amines is 1. The number of aromatic nitrogens is 1. The number of hydrogen-bond acceptors (Lipinski definition) is 3. The SMILES string of the molecule is CCCCc1ccc(C=CC(=O)N[C@@H](Cc2c[nH]c3ccccc23)C(=O)OC)cc1. The van der Waals surface area contributed by atoms with Gasteiger partial charge in [0.2, 0.25) is 5.91 Å². The predicted octanol–water partition coefficient (Wildman–Crippen LogP) is 4.42. The molecule has 0 aliphatic heterocycles. The van der Waals surface area contributed by atoms with Crippen molar-refractivity contribution in [3.8, 4) is 0 Å². The third-order valence-electron chi connectivity index (χ3n) is 5.13. The molecule has 1 atom stereocenters. The van der Waals surface area contributed by atoms with Gasteiger partial charge in [-0.25, -0.2) is 4.79 Å². The fraction of sp³-hybridized carbons (Fsp3) is 0.280. The second-order valence-corrected chi connectivity index (χ2v) is 7.33. The van der Waals surface area contributed by atoms with Crippen LogP contribution in [-0.4, -0.2) is 30.0 Å². The summed E-state index contributed by atoms with van der Waals surface area (Å²) in [5.74, 6) is -0.803. The van der Waals surface area contributed by atoms with E-state index in [0.29, 0.717) is 6.42 Å². The highest BCUT2D eigenvalue weighted by atomic mass is 16.5. The Kier molecular flexibility index (Phi) is 7.44. The van der Waals surface area contributed by atoms with Crippen LogP contribution in [0, 0.1) is 0 Å². The molecule has 1 heterocycles. The fourth-order valence-electron chi connectivity index (χ4n) is 3.42. The van der Waals surface area contributed by atoms with E-state index in [-0.39, 0.29) is 5.91 Å². The molecule has 1 amide bonds. The third-order valence-corrected chi connectivity index (χ3v) is 5.13. The van der Waals surface area contributed by atoms with Crippen molar-refractivity contribution < 1.29 is 14.3 Å². The van der Waals surface area contributed by atoms with Crippen LogP contribution in [0.25, 0.3) is 17.0 Å². The molecule has 0 aliphatic rings. The fourth-order valence-corrected chi connectivity index (χ4v) is 3.42. The smallest absolute Gasteiger partial charge is 0.328 e. The molecule has 1 aromatic heterocycles. The Bertz CT molecular complexity index is 1020. The molecule has 0 saturated carbocycles. The summed E-state index contributed by atoms with van der Waals surface area (Å²) in [6.07, 6.45) is 8.82. The van der Waals surface area contributed by atoms with Crippen LogP contribution in [0.5, 0.6) is 0 Å². The van der Waals surface area contributed by atoms with Crippen molar-refractivity contribution in [3.05, 3.63) is 77.5 Å². The molecule has 5 heteroatoms. The molecule has 0 aliphatic carbocycles. The summed E-state index contributed by atoms with van der Waals surface area (Å²) >= 11 is 0. The van der Waals surface area contributed by atoms with Crippen molar-refractivity contribution in [3.63, 3.8) is 0 Å². The Morgan fingerprint density at radius 1 is 1.13 bits per heavy atom. The summed E-state index contributed by atoms with van der Waals surface area (Å²) in [6.45, 7) is 2.18. The van der Waals surface area contributed by atoms with E-state index in [4.69, 9.17) is 4.74 Å². The zero-order valence-corrected chi connectivity index (χ0v) is 17.5. The van der Waals surface area contributed by atoms with E-state index in [0.717, 1.165) is 28.5 Å². The zero-order valence-electron chi connectivity index (χ0n) is 17.5. The van der Waals surface area contributed by atoms with Crippen LogP contribution >= 0.6 is 0 Å². The lowest BCUT2D eigenvalue weighted by Crippen LogP contribution is -2.42. The molecule has 2 aromatic carbocycles. The molecule has 0 saturated heterocycles. The highest BCUT2D eigenvalue weighted by Crippen LogP contribution is 2.19. The zero-order chi connectivity index (χ0) is 21.3. The standard InChI is InChI=1S/C25H28N2O3/c1-3-4-7-18-10-12-19(13-11-18)14-15-24(28)27-23(25(29)30-2)16-20-17-26-22-9-6-5-8-21(20)22/h5-6,8-15,17,23,26H,3-4,7,16H2,1-2H3,(H,27,28)/t23-/m0/s1. The number of aryl methyl sites for hydroxylation is 1. The number of benzene rings is 2. The van der Waals surface area contributed by atoms with E-state index in [2.05, 4.69) is 29.4 Å². The molecule has 5 nitrogen and oxygen atoms in total. The van der Waals surface area contributed by atoms with Crippen molar-refractivity contribution >= 4 is 28.9 Å². The molecular weight excluding hydrogens is 376 g/mol. The maximum absolute atomic E-state index is 12.4. The number of para-hydroxylation sites is 1. The Balaban J connectivity index is 1.65. The number of ether oxygens (including phenoxy) is 1. The van der Waals surface area contributed by atoms with Gasteiger partial charge in [-0.15, -0.1) is 0 Å². The lowest BCUT2D eigenvalue weighted by Gasteiger charge is -2.15. The van der Waals surface area contributed by atoms with Crippen LogP contribution in [0.3, 0.4) is 0 Å². The molecular formula is C25H28N2O3. The number of fused-ring (bicyclic) bond motifs is 1. The van der Waals surface area contributed by atoms with Crippen molar-refractivity contribution in [2.75, 3.05) is 7.11 Å². The number of hydrogen-bond donors (Lipinski definition) is 2. The Labute approximate surface area is 177 Å². The van der Waals surface area contributed by atoms with Gasteiger partial charge in [-0.3, -0.25) is 4.79 Å². The van der Waals surface area contributed by atoms with E-state index in [1.807, 2.05) is 42.6 Å². The number of esters is 1. The second-order valence-electron chi connectivity index (χ2n) is 7.33. The van der Waals surface area contributed by atoms with Crippen LogP contribution < -0.4 is 5.32 Å². The number of rotatable bonds is 9. The normalized spacial score (nSPS) is 12.2. The van der Waals surface area contributed by atoms with Crippen LogP contribution in [0.2, 0.25) is 0 Å². The number of carbonyl (C=O) groups excluding carboxylic acids is 2. The van der Waals surface area contributed by atoms with Crippen LogP contribution in [0.4, 0.5) is 0 Å². The molecule has 3 aromatic rings. The summed E-state index contributed by atoms with van der Waals surface area (Å²) in [5, 5.41) is 3.79. The molecule has 30 heavy (non-hydrogen) atoms. The van der Waals surface area contributed by atoms with Crippen molar-refractivity contribution in [2.24, 2.45) is 0 Å². The van der Waals surface area contributed by atoms with Gasteiger partial charge in [0.15, 0.2) is 0 Å². The lowest BCUT2D eigenvalue weighted by atomic mass is 10.0. The molecule has 3 rings (SSSR count). The molecule has 0 fully saturated rings. The molecule has 0 unspecified atom stereocenters. The highest BCUT2D eigenvalue weighted by molar-refractivity contribution is 5.95. The third kappa shape index (κ3) is 5.60. The van der Waals surface area contributed by atoms with Crippen molar-refractivity contribution in [2.45, 2.75) is 38.6 Å². The molecule has 0 radical (unpaired) electrons. The summed E-state index contributed by atoms with van der Waals surface area (Å²) in [5.41, 5.74) is 4.18. The predicted molar refractivity (Wildman–Crippen MR) is 120 cm³/mol. The summed E-state index contributed by atoms with van der Waals surface area (Å²) in [6, 6.07) is 15.3. The first-order valence-corrected chi connectivity index (χ1v) is 10.3. The monoisotopic (exact) mass is 404 g/mol. The van der Waals surface area contributed by atoms with Crippen LogP contribution in [-0.2, 0) is 27.2 Å². The number of methoxy groups -OCH3 is 1. The van der Waals surface area contributed by atoms with E-state index in [1.165, 1.54) is 31.6 Å². The molecule has 0 bridgehead atoms.